The van der Waals surface area contributed by atoms with Crippen LogP contribution in [0.2, 0.25) is 5.28 Å². The van der Waals surface area contributed by atoms with Crippen LogP contribution in [-0.4, -0.2) is 48.2 Å². The normalized spacial score (nSPS) is 25.4. The van der Waals surface area contributed by atoms with E-state index in [0.717, 1.165) is 18.8 Å². The van der Waals surface area contributed by atoms with Gasteiger partial charge in [-0.05, 0) is 11.6 Å². The Bertz CT molecular complexity index is 621. The first kappa shape index (κ1) is 13.5. The van der Waals surface area contributed by atoms with E-state index in [0.29, 0.717) is 28.1 Å². The number of thioether (sulfide) groups is 1. The van der Waals surface area contributed by atoms with E-state index < -0.39 is 9.84 Å². The Morgan fingerprint density at radius 3 is 2.95 bits per heavy atom. The van der Waals surface area contributed by atoms with E-state index in [1.807, 2.05) is 16.7 Å². The minimum atomic E-state index is -3.25. The minimum Gasteiger partial charge on any atom is -0.353 e. The quantitative estimate of drug-likeness (QED) is 0.729. The van der Waals surface area contributed by atoms with Crippen molar-refractivity contribution >= 4 is 39.0 Å². The molecule has 0 aromatic carbocycles. The predicted octanol–water partition coefficient (Wildman–Crippen LogP) is 1.40. The molecule has 2 aliphatic rings. The summed E-state index contributed by atoms with van der Waals surface area (Å²) >= 11 is 7.81. The van der Waals surface area contributed by atoms with Crippen molar-refractivity contribution in [2.24, 2.45) is 0 Å². The van der Waals surface area contributed by atoms with Crippen LogP contribution in [0, 0.1) is 0 Å². The van der Waals surface area contributed by atoms with E-state index in [9.17, 15) is 8.42 Å². The molecule has 8 heteroatoms. The van der Waals surface area contributed by atoms with Crippen molar-refractivity contribution in [1.29, 1.82) is 0 Å². The fourth-order valence-corrected chi connectivity index (χ4v) is 5.32. The monoisotopic (exact) mass is 319 g/mol. The first-order valence-electron chi connectivity index (χ1n) is 6.13. The van der Waals surface area contributed by atoms with E-state index in [4.69, 9.17) is 11.6 Å². The van der Waals surface area contributed by atoms with Gasteiger partial charge in [-0.25, -0.2) is 13.4 Å². The van der Waals surface area contributed by atoms with Crippen LogP contribution in [-0.2, 0) is 16.3 Å². The first-order chi connectivity index (χ1) is 8.97. The van der Waals surface area contributed by atoms with E-state index in [2.05, 4.69) is 16.9 Å². The lowest BCUT2D eigenvalue weighted by Crippen LogP contribution is -2.38. The Hall–Kier alpha value is -0.530. The van der Waals surface area contributed by atoms with E-state index in [1.54, 1.807) is 0 Å². The van der Waals surface area contributed by atoms with Gasteiger partial charge >= 0.3 is 0 Å². The molecule has 5 nitrogen and oxygen atoms in total. The van der Waals surface area contributed by atoms with Crippen LogP contribution in [0.25, 0.3) is 0 Å². The second-order valence-corrected chi connectivity index (χ2v) is 8.72. The molecule has 3 heterocycles. The summed E-state index contributed by atoms with van der Waals surface area (Å²) in [5.74, 6) is 1.58. The number of nitrogens with zero attached hydrogens (tertiary/aromatic N) is 3. The maximum Gasteiger partial charge on any atom is 0.224 e. The van der Waals surface area contributed by atoms with E-state index >= 15 is 0 Å². The molecule has 1 atom stereocenters. The predicted molar refractivity (Wildman–Crippen MR) is 76.9 cm³/mol. The number of halogens is 1. The third kappa shape index (κ3) is 2.43. The molecule has 19 heavy (non-hydrogen) atoms. The maximum atomic E-state index is 12.2. The van der Waals surface area contributed by atoms with Crippen LogP contribution in [0.1, 0.15) is 12.6 Å². The summed E-state index contributed by atoms with van der Waals surface area (Å²) in [7, 11) is -3.25. The van der Waals surface area contributed by atoms with Crippen LogP contribution < -0.4 is 4.90 Å². The molecular weight excluding hydrogens is 306 g/mol. The van der Waals surface area contributed by atoms with Crippen molar-refractivity contribution in [2.75, 3.05) is 29.5 Å². The number of aryl methyl sites for hydroxylation is 1. The van der Waals surface area contributed by atoms with Crippen LogP contribution in [0.5, 0.6) is 0 Å². The van der Waals surface area contributed by atoms with Gasteiger partial charge in [0.2, 0.25) is 5.28 Å². The van der Waals surface area contributed by atoms with Crippen molar-refractivity contribution in [3.63, 3.8) is 0 Å². The zero-order valence-electron chi connectivity index (χ0n) is 10.5. The number of hydrogen-bond donors (Lipinski definition) is 0. The van der Waals surface area contributed by atoms with Gasteiger partial charge in [0.25, 0.3) is 0 Å². The Balaban J connectivity index is 2.11. The molecule has 1 saturated heterocycles. The Kier molecular flexibility index (Phi) is 3.39. The van der Waals surface area contributed by atoms with Crippen molar-refractivity contribution in [1.82, 2.24) is 9.97 Å². The molecule has 1 aromatic rings. The molecule has 1 unspecified atom stereocenters. The van der Waals surface area contributed by atoms with Gasteiger partial charge in [0, 0.05) is 30.5 Å². The van der Waals surface area contributed by atoms with Crippen molar-refractivity contribution in [3.8, 4) is 0 Å². The molecule has 0 aliphatic carbocycles. The number of rotatable bonds is 1. The van der Waals surface area contributed by atoms with Crippen molar-refractivity contribution < 1.29 is 8.42 Å². The molecule has 0 N–H and O–H groups in total. The first-order valence-corrected chi connectivity index (χ1v) is 9.21. The van der Waals surface area contributed by atoms with Crippen LogP contribution >= 0.6 is 23.4 Å². The maximum absolute atomic E-state index is 12.2. The summed E-state index contributed by atoms with van der Waals surface area (Å²) in [5.41, 5.74) is 0.570. The molecule has 3 rings (SSSR count). The molecule has 0 amide bonds. The summed E-state index contributed by atoms with van der Waals surface area (Å²) in [5, 5.41) is 0.596. The zero-order valence-corrected chi connectivity index (χ0v) is 12.9. The molecular formula is C11H14ClN3O2S2. The number of aromatic nitrogens is 2. The number of anilines is 1. The second kappa shape index (κ2) is 4.79. The van der Waals surface area contributed by atoms with Gasteiger partial charge in [0.1, 0.15) is 4.90 Å². The van der Waals surface area contributed by atoms with Gasteiger partial charge in [-0.1, -0.05) is 6.92 Å². The zero-order chi connectivity index (χ0) is 13.6. The standard InChI is InChI=1S/C11H14ClN3O2S2/c1-7-6-15(3-4-18-7)10-9-8(13-11(12)14-10)2-5-19(9,16)17/h7H,2-6H2,1H3. The third-order valence-electron chi connectivity index (χ3n) is 3.35. The summed E-state index contributed by atoms with van der Waals surface area (Å²) in [6.07, 6.45) is 0.436. The van der Waals surface area contributed by atoms with Crippen LogP contribution in [0.4, 0.5) is 5.82 Å². The molecule has 2 aliphatic heterocycles. The van der Waals surface area contributed by atoms with Gasteiger partial charge in [-0.2, -0.15) is 16.7 Å². The fourth-order valence-electron chi connectivity index (χ4n) is 2.50. The lowest BCUT2D eigenvalue weighted by molar-refractivity contribution is 0.598. The van der Waals surface area contributed by atoms with Crippen LogP contribution in [0.3, 0.4) is 0 Å². The van der Waals surface area contributed by atoms with E-state index in [-0.39, 0.29) is 11.0 Å². The topological polar surface area (TPSA) is 63.2 Å². The van der Waals surface area contributed by atoms with E-state index in [1.165, 1.54) is 0 Å². The molecule has 1 fully saturated rings. The largest absolute Gasteiger partial charge is 0.353 e. The summed E-state index contributed by atoms with van der Waals surface area (Å²) in [6, 6.07) is 0. The van der Waals surface area contributed by atoms with Crippen molar-refractivity contribution in [2.45, 2.75) is 23.5 Å². The fraction of sp³-hybridized carbons (Fsp3) is 0.636. The highest BCUT2D eigenvalue weighted by molar-refractivity contribution is 8.00. The SMILES string of the molecule is CC1CN(c2nc(Cl)nc3c2S(=O)(=O)CC3)CCS1. The molecule has 104 valence electrons. The third-order valence-corrected chi connectivity index (χ3v) is 6.44. The highest BCUT2D eigenvalue weighted by Crippen LogP contribution is 2.35. The highest BCUT2D eigenvalue weighted by atomic mass is 35.5. The van der Waals surface area contributed by atoms with Gasteiger partial charge < -0.3 is 4.90 Å². The second-order valence-electron chi connectivity index (χ2n) is 4.79. The van der Waals surface area contributed by atoms with Crippen molar-refractivity contribution in [3.05, 3.63) is 11.0 Å². The summed E-state index contributed by atoms with van der Waals surface area (Å²) in [6.45, 7) is 3.72. The van der Waals surface area contributed by atoms with Gasteiger partial charge in [0.15, 0.2) is 15.7 Å². The number of fused-ring (bicyclic) bond motifs is 1. The minimum absolute atomic E-state index is 0.114. The average Bonchev–Trinajstić information content (AvgIpc) is 2.64. The molecule has 0 spiro atoms. The molecule has 0 saturated carbocycles. The lowest BCUT2D eigenvalue weighted by atomic mass is 10.3. The van der Waals surface area contributed by atoms with Gasteiger partial charge in [-0.3, -0.25) is 0 Å². The molecule has 1 aromatic heterocycles. The summed E-state index contributed by atoms with van der Waals surface area (Å²) < 4.78 is 24.3. The van der Waals surface area contributed by atoms with Crippen LogP contribution in [0.15, 0.2) is 4.90 Å². The number of hydrogen-bond acceptors (Lipinski definition) is 6. The van der Waals surface area contributed by atoms with Gasteiger partial charge in [0.05, 0.1) is 11.4 Å². The Morgan fingerprint density at radius 2 is 2.21 bits per heavy atom. The highest BCUT2D eigenvalue weighted by Gasteiger charge is 2.35. The molecule has 0 bridgehead atoms. The summed E-state index contributed by atoms with van der Waals surface area (Å²) in [4.78, 5) is 10.6. The number of sulfone groups is 1. The Morgan fingerprint density at radius 1 is 1.42 bits per heavy atom. The smallest absolute Gasteiger partial charge is 0.224 e. The average molecular weight is 320 g/mol. The Labute approximate surface area is 121 Å². The van der Waals surface area contributed by atoms with Gasteiger partial charge in [-0.15, -0.1) is 0 Å². The lowest BCUT2D eigenvalue weighted by Gasteiger charge is -2.32. The molecule has 0 radical (unpaired) electrons.